The summed E-state index contributed by atoms with van der Waals surface area (Å²) in [6, 6.07) is -0.440. The molecule has 2 aliphatic heterocycles. The van der Waals surface area contributed by atoms with Crippen molar-refractivity contribution in [3.05, 3.63) is 0 Å². The largest absolute Gasteiger partial charge is 0.481 e. The third-order valence-electron chi connectivity index (χ3n) is 5.26. The summed E-state index contributed by atoms with van der Waals surface area (Å²) in [5, 5.41) is 9.19. The first-order valence-corrected chi connectivity index (χ1v) is 7.70. The van der Waals surface area contributed by atoms with E-state index < -0.39 is 11.9 Å². The van der Waals surface area contributed by atoms with E-state index in [1.54, 1.807) is 11.9 Å². The molecule has 0 saturated carbocycles. The number of piperidine rings is 1. The van der Waals surface area contributed by atoms with Crippen LogP contribution >= 0.6 is 0 Å². The molecule has 2 aliphatic rings. The second-order valence-electron chi connectivity index (χ2n) is 6.59. The number of aliphatic carboxylic acids is 1. The summed E-state index contributed by atoms with van der Waals surface area (Å²) >= 11 is 0. The smallest absolute Gasteiger partial charge is 0.320 e. The fraction of sp³-hybridized carbons (Fsp3) is 0.867. The van der Waals surface area contributed by atoms with Gasteiger partial charge in [0.25, 0.3) is 0 Å². The van der Waals surface area contributed by atoms with E-state index in [1.165, 1.54) is 0 Å². The topological polar surface area (TPSA) is 70.1 Å². The predicted octanol–water partition coefficient (Wildman–Crippen LogP) is 1.65. The average molecular weight is 298 g/mol. The van der Waals surface area contributed by atoms with Gasteiger partial charge in [-0.25, -0.2) is 4.79 Å². The summed E-state index contributed by atoms with van der Waals surface area (Å²) < 4.78 is 5.25. The fourth-order valence-electron chi connectivity index (χ4n) is 3.12. The lowest BCUT2D eigenvalue weighted by Crippen LogP contribution is -2.52. The van der Waals surface area contributed by atoms with Crippen molar-refractivity contribution in [2.45, 2.75) is 39.2 Å². The average Bonchev–Trinajstić information content (AvgIpc) is 2.96. The summed E-state index contributed by atoms with van der Waals surface area (Å²) in [4.78, 5) is 27.2. The second kappa shape index (κ2) is 6.22. The van der Waals surface area contributed by atoms with E-state index in [1.807, 2.05) is 4.90 Å². The van der Waals surface area contributed by atoms with Gasteiger partial charge >= 0.3 is 12.0 Å². The van der Waals surface area contributed by atoms with Gasteiger partial charge in [-0.05, 0) is 18.3 Å². The predicted molar refractivity (Wildman–Crippen MR) is 78.1 cm³/mol. The van der Waals surface area contributed by atoms with E-state index in [9.17, 15) is 14.7 Å². The number of carboxylic acids is 1. The number of hydrogen-bond acceptors (Lipinski definition) is 3. The number of urea groups is 1. The number of hydrogen-bond donors (Lipinski definition) is 1. The molecular formula is C15H26N2O4. The van der Waals surface area contributed by atoms with Gasteiger partial charge in [-0.2, -0.15) is 0 Å². The van der Waals surface area contributed by atoms with Gasteiger partial charge < -0.3 is 19.6 Å². The van der Waals surface area contributed by atoms with E-state index in [0.29, 0.717) is 12.0 Å². The van der Waals surface area contributed by atoms with Gasteiger partial charge in [-0.15, -0.1) is 0 Å². The maximum absolute atomic E-state index is 12.6. The van der Waals surface area contributed by atoms with E-state index in [-0.39, 0.29) is 18.7 Å². The van der Waals surface area contributed by atoms with E-state index in [0.717, 1.165) is 32.4 Å². The minimum absolute atomic E-state index is 0.0742. The van der Waals surface area contributed by atoms with Crippen LogP contribution in [0.15, 0.2) is 0 Å². The third kappa shape index (κ3) is 3.31. The Balaban J connectivity index is 1.96. The van der Waals surface area contributed by atoms with Crippen LogP contribution in [0.3, 0.4) is 0 Å². The number of carboxylic acid groups (broad SMARTS) is 1. The van der Waals surface area contributed by atoms with Crippen molar-refractivity contribution in [2.24, 2.45) is 11.3 Å². The molecule has 6 nitrogen and oxygen atoms in total. The van der Waals surface area contributed by atoms with Crippen LogP contribution in [-0.4, -0.2) is 66.3 Å². The molecule has 120 valence electrons. The fourth-order valence-corrected chi connectivity index (χ4v) is 3.12. The first-order valence-electron chi connectivity index (χ1n) is 7.70. The number of carbonyl (C=O) groups excluding carboxylic acids is 1. The van der Waals surface area contributed by atoms with Crippen molar-refractivity contribution in [3.63, 3.8) is 0 Å². The SMILES string of the molecule is CCC1(C)CCN(C(=O)N(C)C2COCC2C(=O)O)CC1. The first kappa shape index (κ1) is 16.1. The molecule has 2 atom stereocenters. The van der Waals surface area contributed by atoms with Crippen LogP contribution in [-0.2, 0) is 9.53 Å². The standard InChI is InChI=1S/C15H26N2O4/c1-4-15(2)5-7-17(8-6-15)14(20)16(3)12-10-21-9-11(12)13(18)19/h11-12H,4-10H2,1-3H3,(H,18,19). The Morgan fingerprint density at radius 2 is 1.95 bits per heavy atom. The van der Waals surface area contributed by atoms with Gasteiger partial charge in [0.15, 0.2) is 0 Å². The number of rotatable bonds is 3. The number of likely N-dealkylation sites (tertiary alicyclic amines) is 1. The quantitative estimate of drug-likeness (QED) is 0.860. The molecule has 2 unspecified atom stereocenters. The molecule has 0 aromatic heterocycles. The lowest BCUT2D eigenvalue weighted by Gasteiger charge is -2.41. The van der Waals surface area contributed by atoms with Gasteiger partial charge in [-0.1, -0.05) is 20.3 Å². The highest BCUT2D eigenvalue weighted by Gasteiger charge is 2.40. The van der Waals surface area contributed by atoms with Gasteiger partial charge in [-0.3, -0.25) is 4.79 Å². The molecule has 0 radical (unpaired) electrons. The number of nitrogens with zero attached hydrogens (tertiary/aromatic N) is 2. The highest BCUT2D eigenvalue weighted by molar-refractivity contribution is 5.77. The third-order valence-corrected chi connectivity index (χ3v) is 5.26. The molecule has 0 aromatic carbocycles. The van der Waals surface area contributed by atoms with Crippen molar-refractivity contribution < 1.29 is 19.4 Å². The second-order valence-corrected chi connectivity index (χ2v) is 6.59. The van der Waals surface area contributed by atoms with Crippen LogP contribution in [0.25, 0.3) is 0 Å². The normalized spacial score (nSPS) is 28.4. The van der Waals surface area contributed by atoms with Crippen molar-refractivity contribution in [3.8, 4) is 0 Å². The molecule has 2 amide bonds. The van der Waals surface area contributed by atoms with E-state index in [4.69, 9.17) is 4.74 Å². The van der Waals surface area contributed by atoms with Gasteiger partial charge in [0, 0.05) is 20.1 Å². The minimum Gasteiger partial charge on any atom is -0.481 e. The zero-order chi connectivity index (χ0) is 15.6. The Labute approximate surface area is 126 Å². The summed E-state index contributed by atoms with van der Waals surface area (Å²) in [7, 11) is 1.69. The summed E-state index contributed by atoms with van der Waals surface area (Å²) in [6.07, 6.45) is 3.14. The van der Waals surface area contributed by atoms with Crippen LogP contribution in [0.5, 0.6) is 0 Å². The van der Waals surface area contributed by atoms with Crippen LogP contribution < -0.4 is 0 Å². The molecule has 21 heavy (non-hydrogen) atoms. The first-order chi connectivity index (χ1) is 9.88. The zero-order valence-electron chi connectivity index (χ0n) is 13.2. The lowest BCUT2D eigenvalue weighted by molar-refractivity contribution is -0.142. The molecule has 0 bridgehead atoms. The monoisotopic (exact) mass is 298 g/mol. The number of likely N-dealkylation sites (N-methyl/N-ethyl adjacent to an activating group) is 1. The molecule has 2 heterocycles. The van der Waals surface area contributed by atoms with Crippen LogP contribution in [0.1, 0.15) is 33.1 Å². The minimum atomic E-state index is -0.894. The molecule has 0 spiro atoms. The Bertz CT molecular complexity index is 404. The van der Waals surface area contributed by atoms with Crippen LogP contribution in [0.4, 0.5) is 4.79 Å². The van der Waals surface area contributed by atoms with Crippen molar-refractivity contribution >= 4 is 12.0 Å². The maximum Gasteiger partial charge on any atom is 0.320 e. The van der Waals surface area contributed by atoms with Gasteiger partial charge in [0.05, 0.1) is 19.3 Å². The Kier molecular flexibility index (Phi) is 4.76. The molecule has 1 N–H and O–H groups in total. The van der Waals surface area contributed by atoms with E-state index in [2.05, 4.69) is 13.8 Å². The molecule has 2 fully saturated rings. The molecule has 2 rings (SSSR count). The van der Waals surface area contributed by atoms with Crippen molar-refractivity contribution in [1.29, 1.82) is 0 Å². The number of carbonyl (C=O) groups is 2. The van der Waals surface area contributed by atoms with E-state index >= 15 is 0 Å². The zero-order valence-corrected chi connectivity index (χ0v) is 13.2. The summed E-state index contributed by atoms with van der Waals surface area (Å²) in [5.74, 6) is -1.51. The molecule has 2 saturated heterocycles. The van der Waals surface area contributed by atoms with Crippen molar-refractivity contribution in [2.75, 3.05) is 33.4 Å². The maximum atomic E-state index is 12.6. The van der Waals surface area contributed by atoms with Crippen LogP contribution in [0, 0.1) is 11.3 Å². The molecule has 0 aliphatic carbocycles. The Morgan fingerprint density at radius 1 is 1.33 bits per heavy atom. The highest BCUT2D eigenvalue weighted by Crippen LogP contribution is 2.34. The number of ether oxygens (including phenoxy) is 1. The molecule has 6 heteroatoms. The lowest BCUT2D eigenvalue weighted by atomic mass is 9.78. The van der Waals surface area contributed by atoms with Crippen LogP contribution in [0.2, 0.25) is 0 Å². The summed E-state index contributed by atoms with van der Waals surface area (Å²) in [6.45, 7) is 6.45. The van der Waals surface area contributed by atoms with Gasteiger partial charge in [0.1, 0.15) is 5.92 Å². The van der Waals surface area contributed by atoms with Crippen molar-refractivity contribution in [1.82, 2.24) is 9.80 Å². The Morgan fingerprint density at radius 3 is 2.48 bits per heavy atom. The number of amides is 2. The molecule has 0 aromatic rings. The summed E-state index contributed by atoms with van der Waals surface area (Å²) in [5.41, 5.74) is 0.329. The molecular weight excluding hydrogens is 272 g/mol. The van der Waals surface area contributed by atoms with Gasteiger partial charge in [0.2, 0.25) is 0 Å². The Hall–Kier alpha value is -1.30. The highest BCUT2D eigenvalue weighted by atomic mass is 16.5.